The molecule has 0 bridgehead atoms. The first kappa shape index (κ1) is 82.6. The van der Waals surface area contributed by atoms with Crippen LogP contribution in [0.25, 0.3) is 10.9 Å². The van der Waals surface area contributed by atoms with Crippen LogP contribution in [-0.4, -0.2) is 264 Å². The minimum Gasteiger partial charge on any atom is -0.494 e. The van der Waals surface area contributed by atoms with Crippen molar-refractivity contribution in [1.82, 2.24) is 60.1 Å². The summed E-state index contributed by atoms with van der Waals surface area (Å²) in [5, 5.41) is 52.6. The number of carboxylic acid groups (broad SMARTS) is 4. The smallest absolute Gasteiger partial charge is 0.494 e. The maximum absolute atomic E-state index is 13.8. The Morgan fingerprint density at radius 2 is 1.20 bits per heavy atom. The molecule has 1 atom stereocenters. The average Bonchev–Trinajstić information content (AvgIpc) is 0.983. The lowest BCUT2D eigenvalue weighted by atomic mass is 10.0. The van der Waals surface area contributed by atoms with Gasteiger partial charge in [-0.1, -0.05) is 18.2 Å². The predicted octanol–water partition coefficient (Wildman–Crippen LogP) is 0.0206. The summed E-state index contributed by atoms with van der Waals surface area (Å²) >= 11 is 0. The lowest BCUT2D eigenvalue weighted by molar-refractivity contribution is -0.140. The molecule has 0 radical (unpaired) electrons. The van der Waals surface area contributed by atoms with E-state index < -0.39 is 76.6 Å². The topological polar surface area (TPSA) is 491 Å². The van der Waals surface area contributed by atoms with Gasteiger partial charge in [0, 0.05) is 135 Å². The summed E-state index contributed by atoms with van der Waals surface area (Å²) in [5.74, 6) is -6.63. The number of fused-ring (bicyclic) bond motifs is 1. The highest BCUT2D eigenvalue weighted by Gasteiger charge is 2.28. The lowest BCUT2D eigenvalue weighted by Gasteiger charge is -2.33. The van der Waals surface area contributed by atoms with Gasteiger partial charge in [-0.15, -0.1) is 0 Å². The fourth-order valence-electron chi connectivity index (χ4n) is 10.8. The van der Waals surface area contributed by atoms with E-state index in [1.54, 1.807) is 61.8 Å². The number of carbonyl (C=O) groups is 8. The van der Waals surface area contributed by atoms with E-state index in [2.05, 4.69) is 41.1 Å². The number of carbonyl (C=O) groups excluding carboxylic acids is 4. The van der Waals surface area contributed by atoms with Crippen LogP contribution in [0.3, 0.4) is 0 Å². The Kier molecular flexibility index (Phi) is 33.4. The molecule has 0 saturated carbocycles. The maximum Gasteiger partial charge on any atom is 0.524 e. The summed E-state index contributed by atoms with van der Waals surface area (Å²) in [7, 11) is -7.79. The predicted molar refractivity (Wildman–Crippen MR) is 370 cm³/mol. The van der Waals surface area contributed by atoms with Crippen molar-refractivity contribution in [3.8, 4) is 11.5 Å². The van der Waals surface area contributed by atoms with Crippen LogP contribution in [-0.2, 0) is 82.4 Å². The zero-order chi connectivity index (χ0) is 75.1. The molecular weight excluding hydrogens is 1390 g/mol. The first-order valence-electron chi connectivity index (χ1n) is 32.8. The van der Waals surface area contributed by atoms with Crippen LogP contribution in [0.4, 0.5) is 5.95 Å². The number of aryl methyl sites for hydroxylation is 3. The van der Waals surface area contributed by atoms with Gasteiger partial charge in [0.2, 0.25) is 23.2 Å². The molecule has 2 aromatic heterocycles. The summed E-state index contributed by atoms with van der Waals surface area (Å²) in [6.07, 6.45) is 6.52. The van der Waals surface area contributed by atoms with E-state index >= 15 is 0 Å². The number of phosphoric ester groups is 1. The van der Waals surface area contributed by atoms with Gasteiger partial charge in [-0.2, -0.15) is 0 Å². The van der Waals surface area contributed by atoms with Crippen molar-refractivity contribution in [3.05, 3.63) is 123 Å². The Morgan fingerprint density at radius 1 is 0.670 bits per heavy atom. The zero-order valence-corrected chi connectivity index (χ0v) is 59.0. The van der Waals surface area contributed by atoms with Crippen LogP contribution in [0.15, 0.2) is 94.8 Å². The molecule has 1 aliphatic heterocycles. The number of aromatic nitrogens is 3. The fourth-order valence-corrected chi connectivity index (χ4v) is 12.7. The number of nitrogens with one attached hydrogen (secondary N) is 7. The molecule has 3 heterocycles. The van der Waals surface area contributed by atoms with Gasteiger partial charge in [-0.05, 0) is 91.8 Å². The van der Waals surface area contributed by atoms with Crippen LogP contribution in [0.5, 0.6) is 11.5 Å². The molecule has 13 N–H and O–H groups in total. The highest BCUT2D eigenvalue weighted by molar-refractivity contribution is 7.89. The number of aliphatic carboxylic acids is 4. The molecule has 1 saturated heterocycles. The van der Waals surface area contributed by atoms with E-state index in [-0.39, 0.29) is 176 Å². The quantitative estimate of drug-likeness (QED) is 0.0139. The third kappa shape index (κ3) is 29.8. The number of H-pyrrole nitrogens is 1. The lowest BCUT2D eigenvalue weighted by Crippen LogP contribution is -2.53. The highest BCUT2D eigenvalue weighted by atomic mass is 32.2. The number of hydrogen-bond acceptors (Lipinski definition) is 23. The number of ether oxygens (including phenoxy) is 4. The van der Waals surface area contributed by atoms with Crippen LogP contribution >= 0.6 is 7.82 Å². The number of hydrogen-bond donors (Lipinski definition) is 13. The summed E-state index contributed by atoms with van der Waals surface area (Å²) in [6, 6.07) is 12.4. The van der Waals surface area contributed by atoms with Gasteiger partial charge in [0.15, 0.2) is 11.6 Å². The van der Waals surface area contributed by atoms with E-state index in [0.717, 1.165) is 5.56 Å². The van der Waals surface area contributed by atoms with Gasteiger partial charge >= 0.3 is 31.7 Å². The molecule has 4 amide bonds. The number of imidazole rings is 1. The van der Waals surface area contributed by atoms with Gasteiger partial charge < -0.3 is 80.0 Å². The number of carboxylic acids is 4. The summed E-state index contributed by atoms with van der Waals surface area (Å²) in [5.41, 5.74) is 0.442. The molecule has 3 aromatic carbocycles. The molecule has 0 aliphatic carbocycles. The Hall–Kier alpha value is -9.40. The minimum atomic E-state index is -4.86. The Morgan fingerprint density at radius 3 is 1.73 bits per heavy atom. The first-order valence-corrected chi connectivity index (χ1v) is 35.9. The van der Waals surface area contributed by atoms with E-state index in [1.165, 1.54) is 56.4 Å². The molecule has 1 fully saturated rings. The first-order chi connectivity index (χ1) is 49.0. The molecule has 36 nitrogen and oxygen atoms in total. The number of amides is 4. The van der Waals surface area contributed by atoms with Gasteiger partial charge in [-0.25, -0.2) is 22.8 Å². The number of rotatable bonds is 42. The van der Waals surface area contributed by atoms with Gasteiger partial charge in [0.25, 0.3) is 15.9 Å². The van der Waals surface area contributed by atoms with E-state index in [9.17, 15) is 86.3 Å². The maximum atomic E-state index is 13.8. The average molecular weight is 1480 g/mol. The summed E-state index contributed by atoms with van der Waals surface area (Å²) in [6.45, 7) is 5.62. The number of sulfonamides is 1. The second kappa shape index (κ2) is 41.6. The van der Waals surface area contributed by atoms with Crippen molar-refractivity contribution in [2.75, 3.05) is 143 Å². The molecule has 6 rings (SSSR count). The Balaban J connectivity index is 0.847. The molecule has 1 aliphatic rings. The minimum absolute atomic E-state index is 0.0539. The van der Waals surface area contributed by atoms with Crippen LogP contribution in [0.2, 0.25) is 0 Å². The standard InChI is InChI=1S/C65H90N13O23PS/c1-44-33-49(34-45(2)61(44)103(95,96)73-53(64(90)91)38-70-62(88)51-39-74(3)54-36-47(10-13-50(54)60(51)87)37-71-65-68-16-17-69-65)100-28-4-7-55(79)66-14-5-26-97-29-31-99-32-30-98-27-6-15-67-63(89)52(35-46-8-11-48(12-9-46)101-102(92,93)94)72-56(80)40-75-18-20-76(41-57(81)82)22-24-78(43-59(85)86)25-23-77(21-19-75)42-58(83)84/h8-13,16-17,33-34,36,38-39,52,73H,4-7,14-15,18-32,35,37,40-43H2,1-3H3,(H,66,79)(H,67,89)(H,70,88)(H,72,80)(H,81,82)(H,83,84)(H,85,86)(H,90,91)(H2,68,69,71)(H2,92,93,94)/t52-/m1/s1. The number of aromatic amines is 1. The van der Waals surface area contributed by atoms with Crippen LogP contribution in [0.1, 0.15) is 58.3 Å². The molecule has 5 aromatic rings. The Labute approximate surface area is 593 Å². The van der Waals surface area contributed by atoms with E-state index in [1.807, 2.05) is 4.72 Å². The van der Waals surface area contributed by atoms with Crippen LogP contribution in [0, 0.1) is 13.8 Å². The summed E-state index contributed by atoms with van der Waals surface area (Å²) < 4.78 is 69.6. The number of benzene rings is 3. The van der Waals surface area contributed by atoms with Gasteiger partial charge in [-0.3, -0.25) is 72.5 Å². The second-order valence-electron chi connectivity index (χ2n) is 23.9. The third-order valence-electron chi connectivity index (χ3n) is 15.7. The molecule has 103 heavy (non-hydrogen) atoms. The van der Waals surface area contributed by atoms with Crippen molar-refractivity contribution in [2.45, 2.75) is 63.4 Å². The fraction of sp³-hybridized carbons (Fsp3) is 0.477. The van der Waals surface area contributed by atoms with Crippen molar-refractivity contribution < 1.29 is 105 Å². The van der Waals surface area contributed by atoms with Crippen molar-refractivity contribution in [3.63, 3.8) is 0 Å². The largest absolute Gasteiger partial charge is 0.524 e. The SMILES string of the molecule is Cc1cc(OCCCC(=O)NCCCOCCOCCOCCCNC(=O)[C@@H](Cc2ccc(OP(=O)(O)O)cc2)NC(=O)CN2CCN(CC(=O)O)CCN(CC(=O)O)CCN(CC(=O)O)CC2)cc(C)c1S(=O)(=O)NC(=CNC(=O)c1cn(C)c2cc(CNc3ncc[nH]3)ccc2c1=O)C(=O)O. The number of phosphoric acid groups is 1. The number of nitrogens with zero attached hydrogens (tertiary/aromatic N) is 6. The molecule has 38 heteroatoms. The number of pyridine rings is 1. The van der Waals surface area contributed by atoms with Gasteiger partial charge in [0.05, 0.1) is 69.6 Å². The third-order valence-corrected chi connectivity index (χ3v) is 17.8. The van der Waals surface area contributed by atoms with E-state index in [4.69, 9.17) is 18.9 Å². The van der Waals surface area contributed by atoms with E-state index in [0.29, 0.717) is 67.9 Å². The van der Waals surface area contributed by atoms with Crippen molar-refractivity contribution in [1.29, 1.82) is 0 Å². The van der Waals surface area contributed by atoms with Gasteiger partial charge in [0.1, 0.15) is 23.1 Å². The Bertz CT molecular complexity index is 3900. The van der Waals surface area contributed by atoms with Crippen molar-refractivity contribution >= 4 is 82.2 Å². The van der Waals surface area contributed by atoms with Crippen molar-refractivity contribution in [2.24, 2.45) is 7.05 Å². The molecule has 564 valence electrons. The molecule has 0 unspecified atom stereocenters. The normalized spacial score (nSPS) is 14.3. The highest BCUT2D eigenvalue weighted by Crippen LogP contribution is 2.37. The van der Waals surface area contributed by atoms with Crippen LogP contribution < -0.4 is 46.0 Å². The molecule has 0 spiro atoms. The monoisotopic (exact) mass is 1480 g/mol. The summed E-state index contributed by atoms with van der Waals surface area (Å²) in [4.78, 5) is 146. The zero-order valence-electron chi connectivity index (χ0n) is 57.3. The second-order valence-corrected chi connectivity index (χ2v) is 26.7. The number of anilines is 1. The molecular formula is C65H90N13O23PS.